The van der Waals surface area contributed by atoms with E-state index in [1.54, 1.807) is 0 Å². The molecule has 0 radical (unpaired) electrons. The first kappa shape index (κ1) is 14.8. The molecule has 3 fully saturated rings. The van der Waals surface area contributed by atoms with Crippen LogP contribution in [0.5, 0.6) is 0 Å². The highest BCUT2D eigenvalue weighted by atomic mass is 15.2. The van der Waals surface area contributed by atoms with Crippen molar-refractivity contribution in [1.82, 2.24) is 10.2 Å². The van der Waals surface area contributed by atoms with Crippen LogP contribution in [-0.4, -0.2) is 36.1 Å². The Hall–Kier alpha value is -0.0800. The molecule has 3 aliphatic rings. The van der Waals surface area contributed by atoms with Gasteiger partial charge in [-0.2, -0.15) is 0 Å². The number of nitrogens with zero attached hydrogens (tertiary/aromatic N) is 1. The molecule has 2 bridgehead atoms. The highest BCUT2D eigenvalue weighted by molar-refractivity contribution is 4.95. The molecule has 2 heterocycles. The van der Waals surface area contributed by atoms with Gasteiger partial charge >= 0.3 is 0 Å². The first-order valence-electron chi connectivity index (χ1n) is 9.36. The van der Waals surface area contributed by atoms with Crippen LogP contribution in [0.4, 0.5) is 0 Å². The number of piperidine rings is 2. The van der Waals surface area contributed by atoms with Crippen LogP contribution in [0.2, 0.25) is 0 Å². The summed E-state index contributed by atoms with van der Waals surface area (Å²) in [5.41, 5.74) is 0. The summed E-state index contributed by atoms with van der Waals surface area (Å²) in [5.74, 6) is 1.02. The molecule has 1 N–H and O–H groups in total. The summed E-state index contributed by atoms with van der Waals surface area (Å²) in [6.45, 7) is 4.93. The van der Waals surface area contributed by atoms with Gasteiger partial charge in [-0.1, -0.05) is 32.6 Å². The van der Waals surface area contributed by atoms with Crippen LogP contribution in [0.15, 0.2) is 0 Å². The number of rotatable bonds is 5. The SMILES string of the molecule is CCCNC1CC2CCCC(C1)N2CC1CCCCC1. The Kier molecular flexibility index (Phi) is 5.39. The highest BCUT2D eigenvalue weighted by Crippen LogP contribution is 2.36. The zero-order valence-corrected chi connectivity index (χ0v) is 13.4. The van der Waals surface area contributed by atoms with Crippen molar-refractivity contribution < 1.29 is 0 Å². The zero-order chi connectivity index (χ0) is 13.8. The molecule has 0 aromatic carbocycles. The number of nitrogens with one attached hydrogen (secondary N) is 1. The van der Waals surface area contributed by atoms with Crippen molar-refractivity contribution in [2.24, 2.45) is 5.92 Å². The van der Waals surface area contributed by atoms with Crippen molar-refractivity contribution in [3.05, 3.63) is 0 Å². The van der Waals surface area contributed by atoms with E-state index in [-0.39, 0.29) is 0 Å². The van der Waals surface area contributed by atoms with Gasteiger partial charge in [-0.05, 0) is 57.4 Å². The predicted molar refractivity (Wildman–Crippen MR) is 86.0 cm³/mol. The lowest BCUT2D eigenvalue weighted by molar-refractivity contribution is 0.00795. The first-order chi connectivity index (χ1) is 9.86. The van der Waals surface area contributed by atoms with Crippen LogP contribution in [-0.2, 0) is 0 Å². The average molecular weight is 278 g/mol. The lowest BCUT2D eigenvalue weighted by Crippen LogP contribution is -2.57. The van der Waals surface area contributed by atoms with E-state index < -0.39 is 0 Å². The smallest absolute Gasteiger partial charge is 0.0113 e. The Balaban J connectivity index is 1.55. The second-order valence-corrected chi connectivity index (χ2v) is 7.56. The molecule has 2 aliphatic heterocycles. The first-order valence-corrected chi connectivity index (χ1v) is 9.36. The number of hydrogen-bond donors (Lipinski definition) is 1. The molecule has 2 nitrogen and oxygen atoms in total. The van der Waals surface area contributed by atoms with Crippen molar-refractivity contribution in [3.63, 3.8) is 0 Å². The normalized spacial score (nSPS) is 36.1. The Bertz CT molecular complexity index is 271. The fraction of sp³-hybridized carbons (Fsp3) is 1.00. The second kappa shape index (κ2) is 7.26. The second-order valence-electron chi connectivity index (χ2n) is 7.56. The summed E-state index contributed by atoms with van der Waals surface area (Å²) >= 11 is 0. The molecule has 0 aromatic heterocycles. The van der Waals surface area contributed by atoms with Crippen LogP contribution in [0, 0.1) is 5.92 Å². The van der Waals surface area contributed by atoms with E-state index in [1.807, 2.05) is 0 Å². The maximum Gasteiger partial charge on any atom is 0.0113 e. The molecule has 1 aliphatic carbocycles. The van der Waals surface area contributed by atoms with Gasteiger partial charge in [0.25, 0.3) is 0 Å². The fourth-order valence-corrected chi connectivity index (χ4v) is 4.96. The minimum atomic E-state index is 0.813. The van der Waals surface area contributed by atoms with E-state index in [0.717, 1.165) is 24.0 Å². The van der Waals surface area contributed by atoms with Gasteiger partial charge < -0.3 is 5.32 Å². The van der Waals surface area contributed by atoms with Gasteiger partial charge in [0.2, 0.25) is 0 Å². The molecular weight excluding hydrogens is 244 g/mol. The summed E-state index contributed by atoms with van der Waals surface area (Å²) < 4.78 is 0. The highest BCUT2D eigenvalue weighted by Gasteiger charge is 2.38. The van der Waals surface area contributed by atoms with Crippen molar-refractivity contribution in [2.75, 3.05) is 13.1 Å². The van der Waals surface area contributed by atoms with Gasteiger partial charge in [0.05, 0.1) is 0 Å². The molecule has 3 rings (SSSR count). The van der Waals surface area contributed by atoms with Crippen LogP contribution in [0.3, 0.4) is 0 Å². The summed E-state index contributed by atoms with van der Waals surface area (Å²) in [7, 11) is 0. The lowest BCUT2D eigenvalue weighted by Gasteiger charge is -2.50. The van der Waals surface area contributed by atoms with Crippen molar-refractivity contribution in [1.29, 1.82) is 0 Å². The monoisotopic (exact) mass is 278 g/mol. The van der Waals surface area contributed by atoms with Gasteiger partial charge in [0, 0.05) is 24.7 Å². The summed E-state index contributed by atoms with van der Waals surface area (Å²) in [5, 5.41) is 3.80. The molecule has 2 heteroatoms. The Morgan fingerprint density at radius 2 is 1.60 bits per heavy atom. The summed E-state index contributed by atoms with van der Waals surface area (Å²) in [4.78, 5) is 2.95. The molecule has 2 atom stereocenters. The van der Waals surface area contributed by atoms with E-state index >= 15 is 0 Å². The van der Waals surface area contributed by atoms with Gasteiger partial charge in [0.1, 0.15) is 0 Å². The van der Waals surface area contributed by atoms with Crippen molar-refractivity contribution >= 4 is 0 Å². The Labute approximate surface area is 125 Å². The molecule has 2 unspecified atom stereocenters. The number of fused-ring (bicyclic) bond motifs is 2. The maximum atomic E-state index is 3.80. The predicted octanol–water partition coefficient (Wildman–Crippen LogP) is 3.95. The lowest BCUT2D eigenvalue weighted by atomic mass is 9.79. The topological polar surface area (TPSA) is 15.3 Å². The maximum absolute atomic E-state index is 3.80. The largest absolute Gasteiger partial charge is 0.314 e. The van der Waals surface area contributed by atoms with Crippen molar-refractivity contribution in [3.8, 4) is 0 Å². The standard InChI is InChI=1S/C18H34N2/c1-2-11-19-16-12-17-9-6-10-18(13-16)20(17)14-15-7-4-3-5-8-15/h15-19H,2-14H2,1H3. The van der Waals surface area contributed by atoms with Gasteiger partial charge in [-0.15, -0.1) is 0 Å². The summed E-state index contributed by atoms with van der Waals surface area (Å²) in [6.07, 6.45) is 16.0. The quantitative estimate of drug-likeness (QED) is 0.819. The van der Waals surface area contributed by atoms with Crippen LogP contribution >= 0.6 is 0 Å². The van der Waals surface area contributed by atoms with E-state index in [4.69, 9.17) is 0 Å². The van der Waals surface area contributed by atoms with Crippen LogP contribution in [0.25, 0.3) is 0 Å². The molecule has 1 saturated carbocycles. The Morgan fingerprint density at radius 1 is 0.900 bits per heavy atom. The molecular formula is C18H34N2. The average Bonchev–Trinajstić information content (AvgIpc) is 2.46. The number of hydrogen-bond acceptors (Lipinski definition) is 2. The van der Waals surface area contributed by atoms with E-state index in [2.05, 4.69) is 17.1 Å². The van der Waals surface area contributed by atoms with Crippen LogP contribution < -0.4 is 5.32 Å². The molecule has 0 amide bonds. The molecule has 0 aromatic rings. The zero-order valence-electron chi connectivity index (χ0n) is 13.4. The van der Waals surface area contributed by atoms with Gasteiger partial charge in [-0.25, -0.2) is 0 Å². The van der Waals surface area contributed by atoms with E-state index in [0.29, 0.717) is 0 Å². The van der Waals surface area contributed by atoms with Crippen molar-refractivity contribution in [2.45, 2.75) is 95.7 Å². The molecule has 116 valence electrons. The summed E-state index contributed by atoms with van der Waals surface area (Å²) in [6, 6.07) is 2.62. The minimum Gasteiger partial charge on any atom is -0.314 e. The third-order valence-electron chi connectivity index (χ3n) is 6.00. The fourth-order valence-electron chi connectivity index (χ4n) is 4.96. The Morgan fingerprint density at radius 3 is 2.25 bits per heavy atom. The van der Waals surface area contributed by atoms with E-state index in [1.165, 1.54) is 83.7 Å². The minimum absolute atomic E-state index is 0.813. The van der Waals surface area contributed by atoms with Gasteiger partial charge in [-0.3, -0.25) is 4.90 Å². The molecule has 20 heavy (non-hydrogen) atoms. The van der Waals surface area contributed by atoms with Crippen LogP contribution in [0.1, 0.15) is 77.6 Å². The molecule has 0 spiro atoms. The molecule has 2 saturated heterocycles. The third-order valence-corrected chi connectivity index (χ3v) is 6.00. The van der Waals surface area contributed by atoms with Gasteiger partial charge in [0.15, 0.2) is 0 Å². The third kappa shape index (κ3) is 3.57. The van der Waals surface area contributed by atoms with E-state index in [9.17, 15) is 0 Å².